The van der Waals surface area contributed by atoms with Gasteiger partial charge in [0.2, 0.25) is 0 Å². The molecule has 0 saturated carbocycles. The summed E-state index contributed by atoms with van der Waals surface area (Å²) in [6, 6.07) is 22.0. The van der Waals surface area contributed by atoms with E-state index in [1.165, 1.54) is 18.4 Å². The predicted molar refractivity (Wildman–Crippen MR) is 168 cm³/mol. The van der Waals surface area contributed by atoms with Crippen LogP contribution in [0.15, 0.2) is 79.0 Å². The Morgan fingerprint density at radius 2 is 1.72 bits per heavy atom. The lowest BCUT2D eigenvalue weighted by atomic mass is 9.99. The molecule has 43 heavy (non-hydrogen) atoms. The fourth-order valence-corrected chi connectivity index (χ4v) is 5.61. The molecule has 2 amide bonds. The highest BCUT2D eigenvalue weighted by Crippen LogP contribution is 2.33. The lowest BCUT2D eigenvalue weighted by Crippen LogP contribution is -2.18. The van der Waals surface area contributed by atoms with Crippen LogP contribution in [0.1, 0.15) is 63.0 Å². The van der Waals surface area contributed by atoms with E-state index in [1.807, 2.05) is 26.0 Å². The zero-order valence-electron chi connectivity index (χ0n) is 24.3. The van der Waals surface area contributed by atoms with E-state index < -0.39 is 0 Å². The minimum absolute atomic E-state index is 0.216. The third kappa shape index (κ3) is 6.12. The molecule has 4 aromatic rings. The summed E-state index contributed by atoms with van der Waals surface area (Å²) >= 11 is 0. The number of ketones is 1. The number of benzene rings is 3. The fourth-order valence-electron chi connectivity index (χ4n) is 5.61. The van der Waals surface area contributed by atoms with Gasteiger partial charge in [-0.1, -0.05) is 36.4 Å². The van der Waals surface area contributed by atoms with Gasteiger partial charge in [-0.25, -0.2) is 0 Å². The van der Waals surface area contributed by atoms with E-state index in [0.29, 0.717) is 40.3 Å². The van der Waals surface area contributed by atoms with Gasteiger partial charge in [-0.05, 0) is 81.7 Å². The Morgan fingerprint density at radius 3 is 2.49 bits per heavy atom. The Bertz CT molecular complexity index is 1730. The van der Waals surface area contributed by atoms with Gasteiger partial charge < -0.3 is 16.0 Å². The van der Waals surface area contributed by atoms with Gasteiger partial charge in [0.05, 0.1) is 11.3 Å². The van der Waals surface area contributed by atoms with Crippen molar-refractivity contribution < 1.29 is 14.4 Å². The highest BCUT2D eigenvalue weighted by molar-refractivity contribution is 6.32. The molecule has 6 rings (SSSR count). The van der Waals surface area contributed by atoms with Crippen molar-refractivity contribution in [2.24, 2.45) is 0 Å². The molecule has 0 unspecified atom stereocenters. The third-order valence-electron chi connectivity index (χ3n) is 7.82. The molecular formula is C34H34N6O3. The number of carbonyl (C=O) groups excluding carboxylic acids is 3. The quantitative estimate of drug-likeness (QED) is 0.175. The standard InChI is InChI=1S/C34H34N6O3/c1-3-40-31(17-22(2)38-40)34(43)36-27-8-6-7-24(18-27)32(41)25-11-14-28-29(33(42)37-30(28)19-25)20-35-26-12-9-23(10-13-26)21-39-15-4-5-16-39/h6-14,17-20,35H,3-5,15-16,21H2,1-2H3,(H,36,43)(H,37,42). The van der Waals surface area contributed by atoms with Crippen LogP contribution < -0.4 is 16.0 Å². The van der Waals surface area contributed by atoms with Crippen molar-refractivity contribution in [2.45, 2.75) is 39.8 Å². The minimum atomic E-state index is -0.293. The Hall–Kier alpha value is -5.02. The number of rotatable bonds is 9. The molecule has 3 heterocycles. The maximum Gasteiger partial charge on any atom is 0.273 e. The summed E-state index contributed by atoms with van der Waals surface area (Å²) in [6.07, 6.45) is 4.25. The first-order valence-corrected chi connectivity index (χ1v) is 14.6. The molecule has 0 aliphatic carbocycles. The Labute approximate surface area is 250 Å². The second kappa shape index (κ2) is 12.1. The minimum Gasteiger partial charge on any atom is -0.361 e. The van der Waals surface area contributed by atoms with Gasteiger partial charge in [0.1, 0.15) is 5.69 Å². The summed E-state index contributed by atoms with van der Waals surface area (Å²) < 4.78 is 1.64. The number of likely N-dealkylation sites (tertiary alicyclic amines) is 1. The van der Waals surface area contributed by atoms with Crippen molar-refractivity contribution >= 4 is 40.2 Å². The number of aromatic nitrogens is 2. The molecule has 0 spiro atoms. The number of nitrogens with one attached hydrogen (secondary N) is 3. The zero-order chi connectivity index (χ0) is 29.9. The molecule has 218 valence electrons. The predicted octanol–water partition coefficient (Wildman–Crippen LogP) is 5.70. The van der Waals surface area contributed by atoms with Crippen molar-refractivity contribution in [3.63, 3.8) is 0 Å². The first-order valence-electron chi connectivity index (χ1n) is 14.6. The van der Waals surface area contributed by atoms with Gasteiger partial charge in [-0.2, -0.15) is 5.10 Å². The van der Waals surface area contributed by atoms with E-state index in [4.69, 9.17) is 0 Å². The zero-order valence-corrected chi connectivity index (χ0v) is 24.3. The van der Waals surface area contributed by atoms with Crippen LogP contribution >= 0.6 is 0 Å². The molecule has 9 nitrogen and oxygen atoms in total. The molecule has 9 heteroatoms. The van der Waals surface area contributed by atoms with Gasteiger partial charge in [0, 0.05) is 53.0 Å². The van der Waals surface area contributed by atoms with Crippen LogP contribution in [0.2, 0.25) is 0 Å². The first-order chi connectivity index (χ1) is 20.9. The number of anilines is 3. The maximum atomic E-state index is 13.4. The monoisotopic (exact) mass is 574 g/mol. The van der Waals surface area contributed by atoms with Gasteiger partial charge in [0.25, 0.3) is 11.8 Å². The van der Waals surface area contributed by atoms with E-state index in [1.54, 1.807) is 59.4 Å². The van der Waals surface area contributed by atoms with E-state index in [0.717, 1.165) is 36.6 Å². The van der Waals surface area contributed by atoms with Crippen molar-refractivity contribution in [3.8, 4) is 0 Å². The number of nitrogens with zero attached hydrogens (tertiary/aromatic N) is 3. The van der Waals surface area contributed by atoms with Crippen LogP contribution in [-0.4, -0.2) is 45.4 Å². The summed E-state index contributed by atoms with van der Waals surface area (Å²) in [7, 11) is 0. The molecule has 0 radical (unpaired) electrons. The topological polar surface area (TPSA) is 108 Å². The second-order valence-electron chi connectivity index (χ2n) is 10.9. The van der Waals surface area contributed by atoms with Crippen LogP contribution in [0.25, 0.3) is 5.57 Å². The number of carbonyl (C=O) groups is 3. The van der Waals surface area contributed by atoms with Crippen molar-refractivity contribution in [3.05, 3.63) is 113 Å². The Kier molecular flexibility index (Phi) is 7.89. The summed E-state index contributed by atoms with van der Waals surface area (Å²) in [6.45, 7) is 7.61. The summed E-state index contributed by atoms with van der Waals surface area (Å²) in [5.74, 6) is -0.741. The molecule has 1 fully saturated rings. The largest absolute Gasteiger partial charge is 0.361 e. The average molecular weight is 575 g/mol. The van der Waals surface area contributed by atoms with Gasteiger partial charge >= 0.3 is 0 Å². The lowest BCUT2D eigenvalue weighted by molar-refractivity contribution is -0.110. The summed E-state index contributed by atoms with van der Waals surface area (Å²) in [5.41, 5.74) is 6.56. The third-order valence-corrected chi connectivity index (χ3v) is 7.82. The van der Waals surface area contributed by atoms with E-state index in [9.17, 15) is 14.4 Å². The molecule has 2 aliphatic heterocycles. The number of amides is 2. The SMILES string of the molecule is CCn1nc(C)cc1C(=O)Nc1cccc(C(=O)c2ccc3c(c2)NC(=O)C3=CNc2ccc(CN3CCCC3)cc2)c1. The number of hydrogen-bond acceptors (Lipinski definition) is 6. The van der Waals surface area contributed by atoms with Crippen LogP contribution in [0.5, 0.6) is 0 Å². The van der Waals surface area contributed by atoms with E-state index >= 15 is 0 Å². The molecule has 1 saturated heterocycles. The second-order valence-corrected chi connectivity index (χ2v) is 10.9. The molecule has 1 aromatic heterocycles. The highest BCUT2D eigenvalue weighted by Gasteiger charge is 2.25. The lowest BCUT2D eigenvalue weighted by Gasteiger charge is -2.14. The number of fused-ring (bicyclic) bond motifs is 1. The number of aryl methyl sites for hydroxylation is 2. The number of hydrogen-bond donors (Lipinski definition) is 3. The maximum absolute atomic E-state index is 13.4. The summed E-state index contributed by atoms with van der Waals surface area (Å²) in [4.78, 5) is 41.5. The summed E-state index contributed by atoms with van der Waals surface area (Å²) in [5, 5.41) is 13.3. The Morgan fingerprint density at radius 1 is 0.953 bits per heavy atom. The van der Waals surface area contributed by atoms with Crippen molar-refractivity contribution in [2.75, 3.05) is 29.0 Å². The van der Waals surface area contributed by atoms with Gasteiger partial charge in [-0.3, -0.25) is 24.0 Å². The van der Waals surface area contributed by atoms with E-state index in [2.05, 4.69) is 38.1 Å². The Balaban J connectivity index is 1.14. The molecule has 0 bridgehead atoms. The normalized spacial score (nSPS) is 15.4. The van der Waals surface area contributed by atoms with E-state index in [-0.39, 0.29) is 17.6 Å². The molecule has 0 atom stereocenters. The smallest absolute Gasteiger partial charge is 0.273 e. The fraction of sp³-hybridized carbons (Fsp3) is 0.235. The van der Waals surface area contributed by atoms with Crippen LogP contribution in [0.3, 0.4) is 0 Å². The van der Waals surface area contributed by atoms with Crippen LogP contribution in [-0.2, 0) is 17.9 Å². The van der Waals surface area contributed by atoms with Crippen LogP contribution in [0.4, 0.5) is 17.1 Å². The first kappa shape index (κ1) is 28.1. The molecule has 2 aliphatic rings. The van der Waals surface area contributed by atoms with Crippen molar-refractivity contribution in [1.82, 2.24) is 14.7 Å². The molecule has 3 N–H and O–H groups in total. The van der Waals surface area contributed by atoms with Crippen molar-refractivity contribution in [1.29, 1.82) is 0 Å². The molecular weight excluding hydrogens is 540 g/mol. The highest BCUT2D eigenvalue weighted by atomic mass is 16.2. The average Bonchev–Trinajstić information content (AvgIpc) is 3.74. The van der Waals surface area contributed by atoms with Gasteiger partial charge in [0.15, 0.2) is 5.78 Å². The van der Waals surface area contributed by atoms with Crippen LogP contribution in [0, 0.1) is 6.92 Å². The van der Waals surface area contributed by atoms with Gasteiger partial charge in [-0.15, -0.1) is 0 Å². The molecule has 3 aromatic carbocycles.